The summed E-state index contributed by atoms with van der Waals surface area (Å²) < 4.78 is 64.0. The summed E-state index contributed by atoms with van der Waals surface area (Å²) in [6, 6.07) is 10.0. The number of methoxy groups -OCH3 is 7. The molecule has 1 aromatic carbocycles. The van der Waals surface area contributed by atoms with Gasteiger partial charge in [-0.3, -0.25) is 0 Å². The average molecular weight is 763 g/mol. The number of carbonyl (C=O) groups is 3. The van der Waals surface area contributed by atoms with Gasteiger partial charge < -0.3 is 33.2 Å². The summed E-state index contributed by atoms with van der Waals surface area (Å²) in [5.74, 6) is 0.150. The van der Waals surface area contributed by atoms with Crippen molar-refractivity contribution in [3.05, 3.63) is 105 Å². The van der Waals surface area contributed by atoms with Crippen LogP contribution in [0, 0.1) is 11.8 Å². The van der Waals surface area contributed by atoms with E-state index in [1.165, 1.54) is 37.9 Å². The lowest BCUT2D eigenvalue weighted by Crippen LogP contribution is -2.19. The Morgan fingerprint density at radius 3 is 1.23 bits per heavy atom. The van der Waals surface area contributed by atoms with Crippen LogP contribution in [0.3, 0.4) is 0 Å². The standard InChI is InChI=1S/C8H8.C7H12.C5H5F3O2.C5H8O2.C4H6O2.C4H8O.C3H6O.2C2H6O/c1-2-8-6-4-3-5-7-8;1-2-7-4-3-6(1)5-7;1-3(4(9)10-2)5(6,7)8;1-4(2)5(6)7-3;1-3-4(5)6-2;1-3-4-5-2;1-3-4-2;2*1-3-2/h2-7H,1H2;6-7H,1-5H2;1H2,2H3;1H2,2-3H3;3H,1H2,2H3;3H,1,4H2,2H3;3H,1H2,2H3;2*1-2H3. The summed E-state index contributed by atoms with van der Waals surface area (Å²) in [5, 5.41) is 0. The van der Waals surface area contributed by atoms with E-state index < -0.39 is 23.7 Å². The van der Waals surface area contributed by atoms with Crippen molar-refractivity contribution in [1.29, 1.82) is 0 Å². The van der Waals surface area contributed by atoms with Gasteiger partial charge in [0.15, 0.2) is 0 Å². The third-order valence-corrected chi connectivity index (χ3v) is 5.80. The molecule has 0 saturated heterocycles. The topological polar surface area (TPSA) is 116 Å². The highest BCUT2D eigenvalue weighted by molar-refractivity contribution is 5.89. The Bertz CT molecular complexity index is 1070. The molecule has 0 heterocycles. The highest BCUT2D eigenvalue weighted by Crippen LogP contribution is 2.43. The molecule has 13 heteroatoms. The SMILES string of the molecule is C1CC2CCC1C2.C=C(C(=O)OC)C(F)(F)F.C=C(C)C(=O)OC.C=CC(=O)OC.C=CCOC.C=COC.C=Cc1ccccc1.COC.COC. The van der Waals surface area contributed by atoms with Gasteiger partial charge in [0, 0.05) is 47.2 Å². The molecule has 0 aromatic heterocycles. The lowest BCUT2D eigenvalue weighted by atomic mass is 10.0. The third kappa shape index (κ3) is 49.7. The number of esters is 3. The van der Waals surface area contributed by atoms with Crippen LogP contribution in [0.2, 0.25) is 0 Å². The van der Waals surface area contributed by atoms with E-state index in [0.717, 1.165) is 13.2 Å². The molecule has 0 N–H and O–H groups in total. The van der Waals surface area contributed by atoms with E-state index in [0.29, 0.717) is 12.2 Å². The molecule has 2 aliphatic rings. The number of benzene rings is 1. The minimum Gasteiger partial charge on any atom is -0.505 e. The maximum Gasteiger partial charge on any atom is 0.422 e. The van der Waals surface area contributed by atoms with Crippen LogP contribution in [-0.4, -0.2) is 94.7 Å². The Kier molecular flexibility index (Phi) is 52.1. The van der Waals surface area contributed by atoms with Crippen molar-refractivity contribution < 1.29 is 60.7 Å². The zero-order valence-corrected chi connectivity index (χ0v) is 33.6. The van der Waals surface area contributed by atoms with Crippen molar-refractivity contribution in [2.24, 2.45) is 11.8 Å². The van der Waals surface area contributed by atoms with Crippen LogP contribution in [0.4, 0.5) is 13.2 Å². The van der Waals surface area contributed by atoms with Crippen LogP contribution in [0.5, 0.6) is 0 Å². The number of rotatable bonds is 7. The first-order valence-corrected chi connectivity index (χ1v) is 15.9. The first-order valence-electron chi connectivity index (χ1n) is 15.9. The van der Waals surface area contributed by atoms with E-state index in [9.17, 15) is 27.6 Å². The molecule has 2 saturated carbocycles. The van der Waals surface area contributed by atoms with Crippen LogP contribution in [-0.2, 0) is 47.5 Å². The van der Waals surface area contributed by atoms with Crippen LogP contribution in [0.25, 0.3) is 6.08 Å². The van der Waals surface area contributed by atoms with Crippen molar-refractivity contribution in [1.82, 2.24) is 0 Å². The molecule has 3 rings (SSSR count). The lowest BCUT2D eigenvalue weighted by molar-refractivity contribution is -0.148. The molecule has 0 amide bonds. The molecule has 0 radical (unpaired) electrons. The Labute approximate surface area is 317 Å². The van der Waals surface area contributed by atoms with Crippen LogP contribution >= 0.6 is 0 Å². The third-order valence-electron chi connectivity index (χ3n) is 5.80. The fourth-order valence-electron chi connectivity index (χ4n) is 3.38. The number of hydrogen-bond donors (Lipinski definition) is 0. The summed E-state index contributed by atoms with van der Waals surface area (Å²) in [6.07, 6.45) is 9.16. The Hall–Kier alpha value is -4.46. The first-order chi connectivity index (χ1) is 24.9. The van der Waals surface area contributed by atoms with Gasteiger partial charge in [-0.15, -0.1) is 6.58 Å². The number of ether oxygens (including phenoxy) is 7. The van der Waals surface area contributed by atoms with E-state index in [4.69, 9.17) is 0 Å². The molecular formula is C40H65F3O10. The minimum atomic E-state index is -4.69. The molecule has 1 aromatic rings. The van der Waals surface area contributed by atoms with Gasteiger partial charge in [-0.25, -0.2) is 14.4 Å². The predicted octanol–water partition coefficient (Wildman–Crippen LogP) is 9.01. The molecule has 0 atom stereocenters. The summed E-state index contributed by atoms with van der Waals surface area (Å²) in [5.41, 5.74) is 0.116. The van der Waals surface area contributed by atoms with Crippen LogP contribution in [0.1, 0.15) is 44.6 Å². The molecule has 53 heavy (non-hydrogen) atoms. The normalized spacial score (nSPS) is 13.2. The highest BCUT2D eigenvalue weighted by atomic mass is 19.4. The highest BCUT2D eigenvalue weighted by Gasteiger charge is 2.37. The van der Waals surface area contributed by atoms with Gasteiger partial charge in [0.05, 0.1) is 41.3 Å². The molecule has 0 aliphatic heterocycles. The van der Waals surface area contributed by atoms with E-state index in [2.05, 4.69) is 72.6 Å². The molecule has 0 unspecified atom stereocenters. The number of alkyl halides is 3. The van der Waals surface area contributed by atoms with E-state index in [1.54, 1.807) is 87.8 Å². The van der Waals surface area contributed by atoms with Gasteiger partial charge in [0.2, 0.25) is 0 Å². The number of hydrogen-bond acceptors (Lipinski definition) is 10. The Balaban J connectivity index is -0.000000120. The van der Waals surface area contributed by atoms with E-state index in [1.807, 2.05) is 36.4 Å². The van der Waals surface area contributed by atoms with Gasteiger partial charge in [0.1, 0.15) is 5.57 Å². The molecule has 2 fully saturated rings. The second kappa shape index (κ2) is 45.6. The Morgan fingerprint density at radius 1 is 0.736 bits per heavy atom. The van der Waals surface area contributed by atoms with E-state index >= 15 is 0 Å². The van der Waals surface area contributed by atoms with Crippen LogP contribution < -0.4 is 0 Å². The summed E-state index contributed by atoms with van der Waals surface area (Å²) in [7, 11) is 13.2. The van der Waals surface area contributed by atoms with Crippen LogP contribution in [0.15, 0.2) is 99.4 Å². The zero-order chi connectivity index (χ0) is 42.7. The number of halogens is 3. The molecule has 306 valence electrons. The van der Waals surface area contributed by atoms with E-state index in [-0.39, 0.29) is 5.97 Å². The van der Waals surface area contributed by atoms with Gasteiger partial charge in [-0.05, 0) is 30.7 Å². The second-order valence-corrected chi connectivity index (χ2v) is 10.2. The van der Waals surface area contributed by atoms with Gasteiger partial charge in [0.25, 0.3) is 0 Å². The summed E-state index contributed by atoms with van der Waals surface area (Å²) >= 11 is 0. The van der Waals surface area contributed by atoms with Crippen molar-refractivity contribution in [2.45, 2.75) is 45.2 Å². The molecule has 10 nitrogen and oxygen atoms in total. The smallest absolute Gasteiger partial charge is 0.422 e. The van der Waals surface area contributed by atoms with Crippen molar-refractivity contribution in [2.75, 3.05) is 70.6 Å². The van der Waals surface area contributed by atoms with Crippen molar-refractivity contribution in [3.63, 3.8) is 0 Å². The summed E-state index contributed by atoms with van der Waals surface area (Å²) in [4.78, 5) is 30.1. The van der Waals surface area contributed by atoms with Gasteiger partial charge in [-0.2, -0.15) is 13.2 Å². The number of carbonyl (C=O) groups excluding carboxylic acids is 3. The molecule has 2 aliphatic carbocycles. The maximum atomic E-state index is 11.5. The summed E-state index contributed by atoms with van der Waals surface area (Å²) in [6.45, 7) is 21.6. The minimum absolute atomic E-state index is 0.347. The fraction of sp³-hybridized carbons (Fsp3) is 0.475. The van der Waals surface area contributed by atoms with Gasteiger partial charge >= 0.3 is 24.1 Å². The zero-order valence-electron chi connectivity index (χ0n) is 33.6. The van der Waals surface area contributed by atoms with Gasteiger partial charge in [-0.1, -0.05) is 101 Å². The maximum absolute atomic E-state index is 11.5. The molecule has 2 bridgehead atoms. The lowest BCUT2D eigenvalue weighted by Gasteiger charge is -2.05. The monoisotopic (exact) mass is 762 g/mol. The second-order valence-electron chi connectivity index (χ2n) is 10.2. The van der Waals surface area contributed by atoms with Crippen molar-refractivity contribution >= 4 is 24.0 Å². The average Bonchev–Trinajstić information content (AvgIpc) is 3.83. The Morgan fingerprint density at radius 2 is 1.13 bits per heavy atom. The fourth-order valence-corrected chi connectivity index (χ4v) is 3.38. The molecular weight excluding hydrogens is 697 g/mol. The largest absolute Gasteiger partial charge is 0.505 e. The van der Waals surface area contributed by atoms with Crippen molar-refractivity contribution in [3.8, 4) is 0 Å². The molecule has 0 spiro atoms. The quantitative estimate of drug-likeness (QED) is 0.0876. The first kappa shape index (κ1) is 60.6. The number of fused-ring (bicyclic) bond motifs is 2. The predicted molar refractivity (Wildman–Crippen MR) is 208 cm³/mol.